The Balaban J connectivity index is 1.48. The monoisotopic (exact) mass is 381 g/mol. The van der Waals surface area contributed by atoms with Crippen LogP contribution in [0.25, 0.3) is 0 Å². The minimum Gasteiger partial charge on any atom is -0.326 e. The smallest absolute Gasteiger partial charge is 0.227 e. The fraction of sp³-hybridized carbons (Fsp3) is 0.286. The molecule has 1 aliphatic carbocycles. The van der Waals surface area contributed by atoms with Crippen LogP contribution in [0.2, 0.25) is 5.02 Å². The lowest BCUT2D eigenvalue weighted by Gasteiger charge is -2.27. The van der Waals surface area contributed by atoms with E-state index in [-0.39, 0.29) is 23.7 Å². The molecule has 5 nitrogen and oxygen atoms in total. The van der Waals surface area contributed by atoms with E-state index >= 15 is 0 Å². The van der Waals surface area contributed by atoms with Crippen LogP contribution in [0.3, 0.4) is 0 Å². The van der Waals surface area contributed by atoms with E-state index in [1.54, 1.807) is 48.5 Å². The zero-order chi connectivity index (χ0) is 19.2. The van der Waals surface area contributed by atoms with E-state index < -0.39 is 0 Å². The lowest BCUT2D eigenvalue weighted by atomic mass is 9.81. The summed E-state index contributed by atoms with van der Waals surface area (Å²) in [5.74, 6) is -0.223. The van der Waals surface area contributed by atoms with Gasteiger partial charge in [-0.15, -0.1) is 0 Å². The normalized spacial score (nSPS) is 19.0. The summed E-state index contributed by atoms with van der Waals surface area (Å²) in [6.07, 6.45) is 2.73. The minimum atomic E-state index is -0.0970. The predicted molar refractivity (Wildman–Crippen MR) is 105 cm³/mol. The quantitative estimate of drug-likeness (QED) is 0.812. The Morgan fingerprint density at radius 2 is 1.22 bits per heavy atom. The van der Waals surface area contributed by atoms with Crippen molar-refractivity contribution in [1.29, 1.82) is 5.26 Å². The summed E-state index contributed by atoms with van der Waals surface area (Å²) < 4.78 is 0. The number of nitriles is 1. The number of nitrogens with one attached hydrogen (secondary N) is 2. The molecule has 1 aliphatic rings. The molecule has 0 atom stereocenters. The van der Waals surface area contributed by atoms with E-state index in [9.17, 15) is 9.59 Å². The zero-order valence-corrected chi connectivity index (χ0v) is 15.5. The highest BCUT2D eigenvalue weighted by atomic mass is 35.5. The molecule has 0 saturated heterocycles. The van der Waals surface area contributed by atoms with Gasteiger partial charge in [0.1, 0.15) is 0 Å². The third kappa shape index (κ3) is 5.08. The van der Waals surface area contributed by atoms with Gasteiger partial charge < -0.3 is 10.6 Å². The van der Waals surface area contributed by atoms with Crippen LogP contribution in [0.5, 0.6) is 0 Å². The SMILES string of the molecule is N#Cc1ccc(NC(=O)C2CCC(C(=O)Nc3ccc(Cl)cc3)CC2)cc1. The Bertz CT molecular complexity index is 848. The van der Waals surface area contributed by atoms with Gasteiger partial charge in [0.25, 0.3) is 0 Å². The lowest BCUT2D eigenvalue weighted by molar-refractivity contribution is -0.125. The number of rotatable bonds is 4. The molecule has 27 heavy (non-hydrogen) atoms. The van der Waals surface area contributed by atoms with Crippen LogP contribution in [0, 0.1) is 23.2 Å². The van der Waals surface area contributed by atoms with Crippen molar-refractivity contribution in [1.82, 2.24) is 0 Å². The number of carbonyl (C=O) groups is 2. The van der Waals surface area contributed by atoms with Gasteiger partial charge in [-0.1, -0.05) is 11.6 Å². The maximum atomic E-state index is 12.4. The molecular weight excluding hydrogens is 362 g/mol. The number of carbonyl (C=O) groups excluding carboxylic acids is 2. The predicted octanol–water partition coefficient (Wildman–Crippen LogP) is 4.60. The molecule has 3 rings (SSSR count). The molecule has 0 unspecified atom stereocenters. The third-order valence-electron chi connectivity index (χ3n) is 4.86. The lowest BCUT2D eigenvalue weighted by Crippen LogP contribution is -2.32. The van der Waals surface area contributed by atoms with E-state index in [4.69, 9.17) is 16.9 Å². The van der Waals surface area contributed by atoms with Crippen molar-refractivity contribution in [3.05, 3.63) is 59.1 Å². The van der Waals surface area contributed by atoms with Crippen molar-refractivity contribution in [3.63, 3.8) is 0 Å². The number of halogens is 1. The van der Waals surface area contributed by atoms with Gasteiger partial charge in [-0.05, 0) is 74.2 Å². The summed E-state index contributed by atoms with van der Waals surface area (Å²) in [5.41, 5.74) is 1.96. The average molecular weight is 382 g/mol. The molecule has 0 bridgehead atoms. The molecule has 1 fully saturated rings. The first-order valence-corrected chi connectivity index (χ1v) is 9.30. The van der Waals surface area contributed by atoms with Crippen molar-refractivity contribution in [2.75, 3.05) is 10.6 Å². The number of nitrogens with zero attached hydrogens (tertiary/aromatic N) is 1. The maximum absolute atomic E-state index is 12.4. The van der Waals surface area contributed by atoms with Crippen molar-refractivity contribution in [3.8, 4) is 6.07 Å². The van der Waals surface area contributed by atoms with E-state index in [1.807, 2.05) is 6.07 Å². The number of hydrogen-bond donors (Lipinski definition) is 2. The number of benzene rings is 2. The largest absolute Gasteiger partial charge is 0.326 e. The van der Waals surface area contributed by atoms with Crippen LogP contribution >= 0.6 is 11.6 Å². The Kier molecular flexibility index (Phi) is 6.10. The first kappa shape index (κ1) is 18.9. The number of amides is 2. The summed E-state index contributed by atoms with van der Waals surface area (Å²) in [6.45, 7) is 0. The van der Waals surface area contributed by atoms with Crippen LogP contribution in [0.15, 0.2) is 48.5 Å². The van der Waals surface area contributed by atoms with E-state index in [2.05, 4.69) is 10.6 Å². The second kappa shape index (κ2) is 8.70. The molecule has 138 valence electrons. The standard InChI is InChI=1S/C21H20ClN3O2/c22-17-7-11-19(12-8-17)25-21(27)16-5-3-15(4-6-16)20(26)24-18-9-1-14(13-23)2-10-18/h1-2,7-12,15-16H,3-6H2,(H,24,26)(H,25,27). The maximum Gasteiger partial charge on any atom is 0.227 e. The highest BCUT2D eigenvalue weighted by Gasteiger charge is 2.30. The zero-order valence-electron chi connectivity index (χ0n) is 14.7. The molecular formula is C21H20ClN3O2. The molecule has 0 radical (unpaired) electrons. The second-order valence-corrected chi connectivity index (χ2v) is 7.16. The van der Waals surface area contributed by atoms with Crippen molar-refractivity contribution < 1.29 is 9.59 Å². The first-order valence-electron chi connectivity index (χ1n) is 8.92. The summed E-state index contributed by atoms with van der Waals surface area (Å²) in [7, 11) is 0. The summed E-state index contributed by atoms with van der Waals surface area (Å²) in [5, 5.41) is 15.2. The first-order chi connectivity index (χ1) is 13.0. The summed E-state index contributed by atoms with van der Waals surface area (Å²) in [4.78, 5) is 24.8. The number of hydrogen-bond acceptors (Lipinski definition) is 3. The summed E-state index contributed by atoms with van der Waals surface area (Å²) >= 11 is 5.85. The molecule has 1 saturated carbocycles. The van der Waals surface area contributed by atoms with Crippen LogP contribution in [-0.4, -0.2) is 11.8 Å². The van der Waals surface area contributed by atoms with Crippen LogP contribution in [0.1, 0.15) is 31.2 Å². The molecule has 2 N–H and O–H groups in total. The van der Waals surface area contributed by atoms with Crippen molar-refractivity contribution >= 4 is 34.8 Å². The van der Waals surface area contributed by atoms with Gasteiger partial charge in [0.05, 0.1) is 11.6 Å². The van der Waals surface area contributed by atoms with Crippen molar-refractivity contribution in [2.24, 2.45) is 11.8 Å². The highest BCUT2D eigenvalue weighted by Crippen LogP contribution is 2.30. The Labute approximate surface area is 163 Å². The molecule has 0 aliphatic heterocycles. The van der Waals surface area contributed by atoms with Gasteiger partial charge >= 0.3 is 0 Å². The van der Waals surface area contributed by atoms with Crippen LogP contribution < -0.4 is 10.6 Å². The van der Waals surface area contributed by atoms with E-state index in [0.717, 1.165) is 5.69 Å². The fourth-order valence-corrected chi connectivity index (χ4v) is 3.39. The van der Waals surface area contributed by atoms with Crippen LogP contribution in [0.4, 0.5) is 11.4 Å². The topological polar surface area (TPSA) is 82.0 Å². The van der Waals surface area contributed by atoms with Crippen molar-refractivity contribution in [2.45, 2.75) is 25.7 Å². The molecule has 6 heteroatoms. The average Bonchev–Trinajstić information content (AvgIpc) is 2.70. The highest BCUT2D eigenvalue weighted by molar-refractivity contribution is 6.30. The van der Waals surface area contributed by atoms with E-state index in [1.165, 1.54) is 0 Å². The number of anilines is 2. The molecule has 2 amide bonds. The van der Waals surface area contributed by atoms with Gasteiger partial charge in [0.15, 0.2) is 0 Å². The second-order valence-electron chi connectivity index (χ2n) is 6.72. The Hall–Kier alpha value is -2.84. The Morgan fingerprint density at radius 1 is 0.815 bits per heavy atom. The Morgan fingerprint density at radius 3 is 1.63 bits per heavy atom. The fourth-order valence-electron chi connectivity index (χ4n) is 3.27. The molecule has 2 aromatic rings. The molecule has 0 heterocycles. The van der Waals surface area contributed by atoms with Gasteiger partial charge in [-0.3, -0.25) is 9.59 Å². The van der Waals surface area contributed by atoms with E-state index in [0.29, 0.717) is 42.0 Å². The minimum absolute atomic E-state index is 0.0109. The molecule has 0 spiro atoms. The molecule has 0 aromatic heterocycles. The third-order valence-corrected chi connectivity index (χ3v) is 5.11. The summed E-state index contributed by atoms with van der Waals surface area (Å²) in [6, 6.07) is 15.9. The van der Waals surface area contributed by atoms with Gasteiger partial charge in [0.2, 0.25) is 11.8 Å². The van der Waals surface area contributed by atoms with Gasteiger partial charge in [-0.2, -0.15) is 5.26 Å². The van der Waals surface area contributed by atoms with Gasteiger partial charge in [0, 0.05) is 28.2 Å². The molecule has 2 aromatic carbocycles. The van der Waals surface area contributed by atoms with Gasteiger partial charge in [-0.25, -0.2) is 0 Å². The van der Waals surface area contributed by atoms with Crippen LogP contribution in [-0.2, 0) is 9.59 Å².